The number of rotatable bonds is 2. The Balaban J connectivity index is 1.97. The first-order chi connectivity index (χ1) is 8.79. The monoisotopic (exact) mass is 282 g/mol. The third-order valence-electron chi connectivity index (χ3n) is 3.17. The summed E-state index contributed by atoms with van der Waals surface area (Å²) in [5.41, 5.74) is 2.07. The second-order valence-corrected chi connectivity index (χ2v) is 4.92. The van der Waals surface area contributed by atoms with E-state index in [-0.39, 0.29) is 0 Å². The number of anilines is 1. The van der Waals surface area contributed by atoms with Crippen LogP contribution < -0.4 is 4.90 Å². The molecule has 0 atom stereocenters. The molecule has 2 heterocycles. The fourth-order valence-corrected chi connectivity index (χ4v) is 2.81. The molecule has 0 saturated heterocycles. The highest BCUT2D eigenvalue weighted by Gasteiger charge is 2.21. The molecule has 0 N–H and O–H groups in total. The molecule has 1 aliphatic heterocycles. The Kier molecular flexibility index (Phi) is 3.14. The molecule has 0 aliphatic carbocycles. The second-order valence-electron chi connectivity index (χ2n) is 4.24. The zero-order chi connectivity index (χ0) is 12.5. The molecule has 1 aromatic heterocycles. The Labute approximate surface area is 115 Å². The van der Waals surface area contributed by atoms with Crippen LogP contribution in [0.25, 0.3) is 0 Å². The molecule has 0 amide bonds. The first-order valence-corrected chi connectivity index (χ1v) is 6.66. The molecule has 2 aromatic rings. The van der Waals surface area contributed by atoms with Gasteiger partial charge in [-0.25, -0.2) is 0 Å². The van der Waals surface area contributed by atoms with Gasteiger partial charge in [-0.3, -0.25) is 0 Å². The van der Waals surface area contributed by atoms with Crippen molar-refractivity contribution in [2.45, 2.75) is 19.0 Å². The van der Waals surface area contributed by atoms with Crippen LogP contribution in [0.5, 0.6) is 0 Å². The number of nitrogens with zero attached hydrogens (tertiary/aromatic N) is 4. The predicted molar refractivity (Wildman–Crippen MR) is 72.1 cm³/mol. The summed E-state index contributed by atoms with van der Waals surface area (Å²) in [6.45, 7) is 2.47. The van der Waals surface area contributed by atoms with Gasteiger partial charge in [0.15, 0.2) is 5.82 Å². The van der Waals surface area contributed by atoms with Gasteiger partial charge in [-0.1, -0.05) is 23.7 Å². The van der Waals surface area contributed by atoms with E-state index in [4.69, 9.17) is 23.2 Å². The lowest BCUT2D eigenvalue weighted by Gasteiger charge is -2.31. The number of hydrogen-bond donors (Lipinski definition) is 0. The SMILES string of the molecule is ClCc1cccc(Cl)c1N1CCn2cnnc2C1. The summed E-state index contributed by atoms with van der Waals surface area (Å²) in [5.74, 6) is 1.42. The number of alkyl halides is 1. The molecule has 0 radical (unpaired) electrons. The van der Waals surface area contributed by atoms with Crippen LogP contribution in [0.4, 0.5) is 5.69 Å². The first kappa shape index (κ1) is 11.8. The lowest BCUT2D eigenvalue weighted by molar-refractivity contribution is 0.559. The van der Waals surface area contributed by atoms with Crippen LogP contribution in [0, 0.1) is 0 Å². The van der Waals surface area contributed by atoms with E-state index < -0.39 is 0 Å². The number of hydrogen-bond acceptors (Lipinski definition) is 3. The fourth-order valence-electron chi connectivity index (χ4n) is 2.28. The Morgan fingerprint density at radius 1 is 1.28 bits per heavy atom. The minimum absolute atomic E-state index is 0.457. The summed E-state index contributed by atoms with van der Waals surface area (Å²) in [6.07, 6.45) is 1.77. The quantitative estimate of drug-likeness (QED) is 0.795. The van der Waals surface area contributed by atoms with Crippen molar-refractivity contribution in [1.29, 1.82) is 0 Å². The molecule has 0 saturated carbocycles. The maximum absolute atomic E-state index is 6.30. The molecule has 1 aliphatic rings. The zero-order valence-electron chi connectivity index (χ0n) is 9.68. The molecule has 0 unspecified atom stereocenters. The van der Waals surface area contributed by atoms with E-state index in [0.717, 1.165) is 35.2 Å². The number of benzene rings is 1. The third kappa shape index (κ3) is 1.95. The predicted octanol–water partition coefficient (Wildman–Crippen LogP) is 2.69. The van der Waals surface area contributed by atoms with E-state index >= 15 is 0 Å². The van der Waals surface area contributed by atoms with E-state index in [1.807, 2.05) is 18.2 Å². The highest BCUT2D eigenvalue weighted by molar-refractivity contribution is 6.33. The van der Waals surface area contributed by atoms with E-state index in [0.29, 0.717) is 12.4 Å². The first-order valence-electron chi connectivity index (χ1n) is 5.74. The van der Waals surface area contributed by atoms with Crippen molar-refractivity contribution in [2.24, 2.45) is 0 Å². The molecule has 1 aromatic carbocycles. The second kappa shape index (κ2) is 4.78. The minimum atomic E-state index is 0.457. The van der Waals surface area contributed by atoms with Crippen LogP contribution in [-0.4, -0.2) is 21.3 Å². The standard InChI is InChI=1S/C12H12Cl2N4/c13-6-9-2-1-3-10(14)12(9)17-4-5-18-8-15-16-11(18)7-17/h1-3,8H,4-7H2. The van der Waals surface area contributed by atoms with Crippen LogP contribution in [-0.2, 0) is 19.0 Å². The topological polar surface area (TPSA) is 34.0 Å². The van der Waals surface area contributed by atoms with E-state index in [9.17, 15) is 0 Å². The average Bonchev–Trinajstić information content (AvgIpc) is 2.85. The van der Waals surface area contributed by atoms with Crippen molar-refractivity contribution in [2.75, 3.05) is 11.4 Å². The van der Waals surface area contributed by atoms with Gasteiger partial charge in [0.05, 0.1) is 17.3 Å². The third-order valence-corrected chi connectivity index (χ3v) is 3.76. The van der Waals surface area contributed by atoms with E-state index in [2.05, 4.69) is 19.7 Å². The van der Waals surface area contributed by atoms with Crippen molar-refractivity contribution >= 4 is 28.9 Å². The van der Waals surface area contributed by atoms with Crippen LogP contribution in [0.1, 0.15) is 11.4 Å². The molecule has 3 rings (SSSR count). The van der Waals surface area contributed by atoms with Gasteiger partial charge < -0.3 is 9.47 Å². The highest BCUT2D eigenvalue weighted by atomic mass is 35.5. The summed E-state index contributed by atoms with van der Waals surface area (Å²) < 4.78 is 2.06. The van der Waals surface area contributed by atoms with E-state index in [1.54, 1.807) is 6.33 Å². The highest BCUT2D eigenvalue weighted by Crippen LogP contribution is 2.32. The van der Waals surface area contributed by atoms with Gasteiger partial charge in [-0.15, -0.1) is 21.8 Å². The molecule has 4 nitrogen and oxygen atoms in total. The minimum Gasteiger partial charge on any atom is -0.361 e. The number of halogens is 2. The van der Waals surface area contributed by atoms with Crippen molar-refractivity contribution < 1.29 is 0 Å². The Bertz CT molecular complexity index is 567. The van der Waals surface area contributed by atoms with Crippen molar-refractivity contribution in [3.63, 3.8) is 0 Å². The Morgan fingerprint density at radius 3 is 3.00 bits per heavy atom. The smallest absolute Gasteiger partial charge is 0.152 e. The van der Waals surface area contributed by atoms with Gasteiger partial charge in [0.1, 0.15) is 6.33 Å². The zero-order valence-corrected chi connectivity index (χ0v) is 11.2. The van der Waals surface area contributed by atoms with Crippen LogP contribution in [0.3, 0.4) is 0 Å². The van der Waals surface area contributed by atoms with Crippen molar-refractivity contribution in [3.05, 3.63) is 40.9 Å². The van der Waals surface area contributed by atoms with Gasteiger partial charge in [0, 0.05) is 19.0 Å². The molecule has 0 bridgehead atoms. The van der Waals surface area contributed by atoms with Crippen LogP contribution in [0.2, 0.25) is 5.02 Å². The summed E-state index contributed by atoms with van der Waals surface area (Å²) in [5, 5.41) is 8.77. The number of para-hydroxylation sites is 1. The number of fused-ring (bicyclic) bond motifs is 1. The molecular weight excluding hydrogens is 271 g/mol. The van der Waals surface area contributed by atoms with Crippen molar-refractivity contribution in [1.82, 2.24) is 14.8 Å². The van der Waals surface area contributed by atoms with Gasteiger partial charge in [-0.05, 0) is 11.6 Å². The molecular formula is C12H12Cl2N4. The summed E-state index contributed by atoms with van der Waals surface area (Å²) in [4.78, 5) is 2.21. The largest absolute Gasteiger partial charge is 0.361 e. The lowest BCUT2D eigenvalue weighted by atomic mass is 10.1. The maximum Gasteiger partial charge on any atom is 0.152 e. The lowest BCUT2D eigenvalue weighted by Crippen LogP contribution is -2.34. The summed E-state index contributed by atoms with van der Waals surface area (Å²) in [7, 11) is 0. The Hall–Kier alpha value is -1.26. The summed E-state index contributed by atoms with van der Waals surface area (Å²) >= 11 is 12.3. The summed E-state index contributed by atoms with van der Waals surface area (Å²) in [6, 6.07) is 5.83. The molecule has 6 heteroatoms. The molecule has 18 heavy (non-hydrogen) atoms. The Morgan fingerprint density at radius 2 is 2.17 bits per heavy atom. The van der Waals surface area contributed by atoms with Gasteiger partial charge in [0.25, 0.3) is 0 Å². The van der Waals surface area contributed by atoms with Gasteiger partial charge in [0.2, 0.25) is 0 Å². The van der Waals surface area contributed by atoms with Crippen molar-refractivity contribution in [3.8, 4) is 0 Å². The molecule has 94 valence electrons. The molecule has 0 fully saturated rings. The van der Waals surface area contributed by atoms with Gasteiger partial charge >= 0.3 is 0 Å². The number of aromatic nitrogens is 3. The molecule has 0 spiro atoms. The van der Waals surface area contributed by atoms with E-state index in [1.165, 1.54) is 0 Å². The van der Waals surface area contributed by atoms with Gasteiger partial charge in [-0.2, -0.15) is 0 Å². The van der Waals surface area contributed by atoms with Crippen LogP contribution >= 0.6 is 23.2 Å². The maximum atomic E-state index is 6.30. The van der Waals surface area contributed by atoms with Crippen LogP contribution in [0.15, 0.2) is 24.5 Å². The normalized spacial score (nSPS) is 14.7. The average molecular weight is 283 g/mol. The fraction of sp³-hybridized carbons (Fsp3) is 0.333.